The zero-order chi connectivity index (χ0) is 12.6. The smallest absolute Gasteiger partial charge is 1.00 e. The number of carbonyl (C=O) groups excluding carboxylic acids is 1. The summed E-state index contributed by atoms with van der Waals surface area (Å²) in [5, 5.41) is 0. The molecule has 0 aliphatic heterocycles. The molecule has 0 saturated heterocycles. The number of hydrogen-bond acceptors (Lipinski definition) is 5. The SMILES string of the molecule is O=Cc1cc(S(=O)(=O)O)ccc1S(=O)(=O)O.[H-].[H-].[Na+].[Na+]. The van der Waals surface area contributed by atoms with Crippen molar-refractivity contribution in [2.24, 2.45) is 0 Å². The third kappa shape index (κ3) is 5.37. The molecule has 18 heavy (non-hydrogen) atoms. The molecule has 0 aromatic heterocycles. The summed E-state index contributed by atoms with van der Waals surface area (Å²) in [6.45, 7) is 0. The van der Waals surface area contributed by atoms with Gasteiger partial charge in [-0.05, 0) is 18.2 Å². The van der Waals surface area contributed by atoms with Crippen LogP contribution in [0.4, 0.5) is 0 Å². The van der Waals surface area contributed by atoms with Gasteiger partial charge in [0.2, 0.25) is 0 Å². The van der Waals surface area contributed by atoms with Gasteiger partial charge in [-0.25, -0.2) is 0 Å². The van der Waals surface area contributed by atoms with E-state index in [0.29, 0.717) is 12.1 Å². The number of benzene rings is 1. The van der Waals surface area contributed by atoms with Gasteiger partial charge in [0.1, 0.15) is 4.90 Å². The van der Waals surface area contributed by atoms with Gasteiger partial charge in [-0.15, -0.1) is 0 Å². The molecule has 2 N–H and O–H groups in total. The molecule has 0 saturated carbocycles. The van der Waals surface area contributed by atoms with Crippen LogP contribution in [-0.4, -0.2) is 32.2 Å². The zero-order valence-electron chi connectivity index (χ0n) is 11.6. The third-order valence-electron chi connectivity index (χ3n) is 1.68. The summed E-state index contributed by atoms with van der Waals surface area (Å²) in [5.74, 6) is 0. The van der Waals surface area contributed by atoms with Crippen molar-refractivity contribution in [3.8, 4) is 0 Å². The number of carbonyl (C=O) groups is 1. The van der Waals surface area contributed by atoms with Crippen LogP contribution in [0.1, 0.15) is 13.2 Å². The second-order valence-electron chi connectivity index (χ2n) is 2.77. The molecular weight excluding hydrogens is 306 g/mol. The Morgan fingerprint density at radius 3 is 1.83 bits per heavy atom. The van der Waals surface area contributed by atoms with Gasteiger partial charge in [-0.2, -0.15) is 16.8 Å². The predicted molar refractivity (Wildman–Crippen MR) is 53.7 cm³/mol. The van der Waals surface area contributed by atoms with Gasteiger partial charge >= 0.3 is 59.1 Å². The van der Waals surface area contributed by atoms with E-state index >= 15 is 0 Å². The van der Waals surface area contributed by atoms with Gasteiger partial charge in [0.05, 0.1) is 4.90 Å². The minimum absolute atomic E-state index is 0. The van der Waals surface area contributed by atoms with Gasteiger partial charge in [0.15, 0.2) is 6.29 Å². The maximum Gasteiger partial charge on any atom is 1.00 e. The van der Waals surface area contributed by atoms with Crippen molar-refractivity contribution in [3.63, 3.8) is 0 Å². The van der Waals surface area contributed by atoms with Crippen molar-refractivity contribution >= 4 is 26.5 Å². The Balaban J connectivity index is -0.000000320. The molecule has 1 aromatic carbocycles. The zero-order valence-corrected chi connectivity index (χ0v) is 15.2. The fraction of sp³-hybridized carbons (Fsp3) is 0. The molecule has 7 nitrogen and oxygen atoms in total. The van der Waals surface area contributed by atoms with Gasteiger partial charge < -0.3 is 2.85 Å². The summed E-state index contributed by atoms with van der Waals surface area (Å²) in [4.78, 5) is 9.14. The Hall–Kier alpha value is 0.710. The number of hydrogen-bond donors (Lipinski definition) is 2. The quantitative estimate of drug-likeness (QED) is 0.323. The van der Waals surface area contributed by atoms with Crippen molar-refractivity contribution in [1.82, 2.24) is 0 Å². The monoisotopic (exact) mass is 314 g/mol. The minimum Gasteiger partial charge on any atom is -1.00 e. The maximum atomic E-state index is 10.8. The number of rotatable bonds is 3. The first-order valence-electron chi connectivity index (χ1n) is 3.70. The van der Waals surface area contributed by atoms with E-state index in [4.69, 9.17) is 9.11 Å². The summed E-state index contributed by atoms with van der Waals surface area (Å²) in [5.41, 5.74) is -0.558. The first kappa shape index (κ1) is 21.0. The molecule has 0 aliphatic carbocycles. The van der Waals surface area contributed by atoms with Crippen LogP contribution in [0.25, 0.3) is 0 Å². The van der Waals surface area contributed by atoms with Gasteiger partial charge in [-0.3, -0.25) is 13.9 Å². The van der Waals surface area contributed by atoms with E-state index in [1.54, 1.807) is 0 Å². The molecule has 1 rings (SSSR count). The van der Waals surface area contributed by atoms with E-state index in [2.05, 4.69) is 0 Å². The van der Waals surface area contributed by atoms with Crippen LogP contribution in [0, 0.1) is 0 Å². The average Bonchev–Trinajstić information content (AvgIpc) is 2.14. The van der Waals surface area contributed by atoms with Gasteiger partial charge in [0, 0.05) is 5.56 Å². The van der Waals surface area contributed by atoms with Crippen LogP contribution < -0.4 is 59.1 Å². The summed E-state index contributed by atoms with van der Waals surface area (Å²) < 4.78 is 60.2. The Bertz CT molecular complexity index is 645. The molecule has 0 radical (unpaired) electrons. The standard InChI is InChI=1S/C7H6O7S2.2Na.2H/c8-4-5-3-6(15(9,10)11)1-2-7(5)16(12,13)14;;;;/h1-4H,(H,9,10,11)(H,12,13,14);;;;/q;2*+1;2*-1. The minimum atomic E-state index is -4.62. The Labute approximate surface area is 151 Å². The molecule has 0 aliphatic rings. The molecule has 92 valence electrons. The Morgan fingerprint density at radius 1 is 1.00 bits per heavy atom. The molecule has 11 heteroatoms. The van der Waals surface area contributed by atoms with E-state index < -0.39 is 35.6 Å². The predicted octanol–water partition coefficient (Wildman–Crippen LogP) is -5.77. The van der Waals surface area contributed by atoms with Crippen molar-refractivity contribution < 1.29 is 92.7 Å². The van der Waals surface area contributed by atoms with Crippen LogP contribution in [0.15, 0.2) is 28.0 Å². The molecular formula is C7H8Na2O7S2. The normalized spacial score (nSPS) is 11.0. The molecule has 0 heterocycles. The van der Waals surface area contributed by atoms with Gasteiger partial charge in [0.25, 0.3) is 20.2 Å². The molecule has 0 bridgehead atoms. The van der Waals surface area contributed by atoms with E-state index in [9.17, 15) is 21.6 Å². The van der Waals surface area contributed by atoms with Gasteiger partial charge in [-0.1, -0.05) is 0 Å². The molecule has 0 amide bonds. The third-order valence-corrected chi connectivity index (χ3v) is 3.46. The number of aldehydes is 1. The van der Waals surface area contributed by atoms with E-state index in [0.717, 1.165) is 6.07 Å². The summed E-state index contributed by atoms with van der Waals surface area (Å²) >= 11 is 0. The molecule has 0 unspecified atom stereocenters. The largest absolute Gasteiger partial charge is 1.00 e. The molecule has 0 fully saturated rings. The fourth-order valence-electron chi connectivity index (χ4n) is 1.01. The van der Waals surface area contributed by atoms with Crippen LogP contribution in [0.3, 0.4) is 0 Å². The van der Waals surface area contributed by atoms with E-state index in [-0.39, 0.29) is 68.3 Å². The van der Waals surface area contributed by atoms with Crippen molar-refractivity contribution in [2.75, 3.05) is 0 Å². The second kappa shape index (κ2) is 7.48. The first-order valence-corrected chi connectivity index (χ1v) is 6.58. The fourth-order valence-corrected chi connectivity index (χ4v) is 2.17. The average molecular weight is 314 g/mol. The first-order chi connectivity index (χ1) is 7.16. The second-order valence-corrected chi connectivity index (χ2v) is 5.58. The van der Waals surface area contributed by atoms with Crippen molar-refractivity contribution in [3.05, 3.63) is 23.8 Å². The Morgan fingerprint density at radius 2 is 1.50 bits per heavy atom. The summed E-state index contributed by atoms with van der Waals surface area (Å²) in [6, 6.07) is 2.11. The maximum absolute atomic E-state index is 10.8. The van der Waals surface area contributed by atoms with Crippen molar-refractivity contribution in [1.29, 1.82) is 0 Å². The van der Waals surface area contributed by atoms with Crippen LogP contribution >= 0.6 is 0 Å². The molecule has 0 spiro atoms. The van der Waals surface area contributed by atoms with Crippen LogP contribution in [0.2, 0.25) is 0 Å². The van der Waals surface area contributed by atoms with E-state index in [1.807, 2.05) is 0 Å². The van der Waals surface area contributed by atoms with E-state index in [1.165, 1.54) is 0 Å². The summed E-state index contributed by atoms with van der Waals surface area (Å²) in [7, 11) is -9.15. The van der Waals surface area contributed by atoms with Crippen LogP contribution in [0.5, 0.6) is 0 Å². The molecule has 0 atom stereocenters. The molecule has 1 aromatic rings. The summed E-state index contributed by atoms with van der Waals surface area (Å²) in [6.07, 6.45) is 0.0534. The van der Waals surface area contributed by atoms with Crippen LogP contribution in [-0.2, 0) is 20.2 Å². The van der Waals surface area contributed by atoms with Crippen molar-refractivity contribution in [2.45, 2.75) is 9.79 Å². The topological polar surface area (TPSA) is 126 Å². The Kier molecular flexibility index (Phi) is 8.73.